The number of hydrogen-bond donors (Lipinski definition) is 0. The van der Waals surface area contributed by atoms with E-state index in [4.69, 9.17) is 0 Å². The van der Waals surface area contributed by atoms with E-state index in [9.17, 15) is 18.0 Å². The van der Waals surface area contributed by atoms with Crippen molar-refractivity contribution in [3.8, 4) is 0 Å². The monoisotopic (exact) mass is 469 g/mol. The van der Waals surface area contributed by atoms with Crippen LogP contribution in [-0.4, -0.2) is 38.7 Å². The summed E-state index contributed by atoms with van der Waals surface area (Å²) < 4.78 is 43.8. The first kappa shape index (κ1) is 22.6. The number of halogens is 3. The van der Waals surface area contributed by atoms with Crippen molar-refractivity contribution in [2.75, 3.05) is 18.0 Å². The van der Waals surface area contributed by atoms with Gasteiger partial charge in [-0.25, -0.2) is 0 Å². The standard InChI is InChI=1S/C25H26F3N5O/c1-31-16-29-30-23(31)13-17-6-5-7-19(10-17)33-15-21-20(24(33)34)11-18(12-22(21)25(26,27)28)14-32-8-3-2-4-9-32/h5-7,10-12,16H,2-4,8-9,13-15H2,1H3. The van der Waals surface area contributed by atoms with Crippen molar-refractivity contribution in [1.29, 1.82) is 0 Å². The van der Waals surface area contributed by atoms with Gasteiger partial charge in [-0.3, -0.25) is 9.69 Å². The fourth-order valence-corrected chi connectivity index (χ4v) is 4.88. The quantitative estimate of drug-likeness (QED) is 0.549. The van der Waals surface area contributed by atoms with Gasteiger partial charge in [-0.05, 0) is 66.9 Å². The molecule has 0 saturated carbocycles. The second kappa shape index (κ2) is 8.87. The Kier molecular flexibility index (Phi) is 5.89. The lowest BCUT2D eigenvalue weighted by Gasteiger charge is -2.27. The Bertz CT molecular complexity index is 1210. The smallest absolute Gasteiger partial charge is 0.320 e. The van der Waals surface area contributed by atoms with Crippen LogP contribution in [0.4, 0.5) is 18.9 Å². The summed E-state index contributed by atoms with van der Waals surface area (Å²) in [5.41, 5.74) is 1.52. The van der Waals surface area contributed by atoms with Gasteiger partial charge in [0.1, 0.15) is 12.2 Å². The summed E-state index contributed by atoms with van der Waals surface area (Å²) in [4.78, 5) is 16.9. The van der Waals surface area contributed by atoms with E-state index in [1.165, 1.54) is 11.0 Å². The number of fused-ring (bicyclic) bond motifs is 1. The average Bonchev–Trinajstić information content (AvgIpc) is 3.36. The van der Waals surface area contributed by atoms with Crippen LogP contribution in [0.1, 0.15) is 57.7 Å². The lowest BCUT2D eigenvalue weighted by molar-refractivity contribution is -0.138. The van der Waals surface area contributed by atoms with Crippen LogP contribution >= 0.6 is 0 Å². The highest BCUT2D eigenvalue weighted by Gasteiger charge is 2.40. The molecule has 1 fully saturated rings. The second-order valence-corrected chi connectivity index (χ2v) is 9.10. The van der Waals surface area contributed by atoms with Gasteiger partial charge < -0.3 is 9.47 Å². The van der Waals surface area contributed by atoms with Gasteiger partial charge in [-0.15, -0.1) is 10.2 Å². The Morgan fingerprint density at radius 2 is 1.82 bits per heavy atom. The van der Waals surface area contributed by atoms with Crippen LogP contribution in [0.2, 0.25) is 0 Å². The maximum absolute atomic E-state index is 14.0. The molecular formula is C25H26F3N5O. The molecule has 2 aliphatic rings. The van der Waals surface area contributed by atoms with Crippen LogP contribution in [0.3, 0.4) is 0 Å². The first-order chi connectivity index (χ1) is 16.3. The highest BCUT2D eigenvalue weighted by atomic mass is 19.4. The number of carbonyl (C=O) groups excluding carboxylic acids is 1. The predicted molar refractivity (Wildman–Crippen MR) is 121 cm³/mol. The van der Waals surface area contributed by atoms with Gasteiger partial charge in [-0.2, -0.15) is 13.2 Å². The molecule has 178 valence electrons. The first-order valence-corrected chi connectivity index (χ1v) is 11.5. The van der Waals surface area contributed by atoms with Gasteiger partial charge in [-0.1, -0.05) is 18.6 Å². The number of anilines is 1. The Morgan fingerprint density at radius 1 is 1.03 bits per heavy atom. The van der Waals surface area contributed by atoms with E-state index in [2.05, 4.69) is 15.1 Å². The molecule has 0 radical (unpaired) electrons. The van der Waals surface area contributed by atoms with Gasteiger partial charge >= 0.3 is 6.18 Å². The van der Waals surface area contributed by atoms with Crippen molar-refractivity contribution >= 4 is 11.6 Å². The van der Waals surface area contributed by atoms with E-state index in [-0.39, 0.29) is 17.7 Å². The van der Waals surface area contributed by atoms with E-state index >= 15 is 0 Å². The first-order valence-electron chi connectivity index (χ1n) is 11.5. The summed E-state index contributed by atoms with van der Waals surface area (Å²) in [7, 11) is 1.85. The Hall–Kier alpha value is -3.20. The summed E-state index contributed by atoms with van der Waals surface area (Å²) in [6, 6.07) is 10.2. The molecule has 2 aromatic carbocycles. The molecule has 3 aromatic rings. The van der Waals surface area contributed by atoms with Crippen molar-refractivity contribution in [1.82, 2.24) is 19.7 Å². The Balaban J connectivity index is 1.45. The van der Waals surface area contributed by atoms with Crippen molar-refractivity contribution in [3.63, 3.8) is 0 Å². The molecule has 0 bridgehead atoms. The van der Waals surface area contributed by atoms with Gasteiger partial charge in [0.05, 0.1) is 12.1 Å². The van der Waals surface area contributed by atoms with Crippen LogP contribution in [0.5, 0.6) is 0 Å². The minimum Gasteiger partial charge on any atom is -0.320 e. The maximum atomic E-state index is 14.0. The molecule has 0 aliphatic carbocycles. The number of nitrogens with zero attached hydrogens (tertiary/aromatic N) is 5. The highest BCUT2D eigenvalue weighted by Crippen LogP contribution is 2.40. The second-order valence-electron chi connectivity index (χ2n) is 9.10. The van der Waals surface area contributed by atoms with E-state index in [1.54, 1.807) is 18.5 Å². The third-order valence-corrected chi connectivity index (χ3v) is 6.65. The Morgan fingerprint density at radius 3 is 2.53 bits per heavy atom. The largest absolute Gasteiger partial charge is 0.416 e. The molecule has 9 heteroatoms. The SMILES string of the molecule is Cn1cnnc1Cc1cccc(N2Cc3c(cc(CN4CCCCC4)cc3C(F)(F)F)C2=O)c1. The lowest BCUT2D eigenvalue weighted by atomic mass is 9.98. The number of hydrogen-bond acceptors (Lipinski definition) is 4. The summed E-state index contributed by atoms with van der Waals surface area (Å²) in [5, 5.41) is 7.96. The topological polar surface area (TPSA) is 54.3 Å². The van der Waals surface area contributed by atoms with Crippen LogP contribution in [-0.2, 0) is 32.7 Å². The van der Waals surface area contributed by atoms with E-state index in [0.717, 1.165) is 43.7 Å². The molecule has 0 N–H and O–H groups in total. The molecule has 0 unspecified atom stereocenters. The number of alkyl halides is 3. The molecular weight excluding hydrogens is 443 g/mol. The maximum Gasteiger partial charge on any atom is 0.416 e. The highest BCUT2D eigenvalue weighted by molar-refractivity contribution is 6.10. The summed E-state index contributed by atoms with van der Waals surface area (Å²) in [6.45, 7) is 2.07. The van der Waals surface area contributed by atoms with Crippen LogP contribution in [0.25, 0.3) is 0 Å². The molecule has 6 nitrogen and oxygen atoms in total. The normalized spacial score (nSPS) is 16.8. The fourth-order valence-electron chi connectivity index (χ4n) is 4.88. The number of piperidine rings is 1. The van der Waals surface area contributed by atoms with Crippen LogP contribution in [0.15, 0.2) is 42.7 Å². The van der Waals surface area contributed by atoms with E-state index < -0.39 is 17.6 Å². The molecule has 1 aromatic heterocycles. The third-order valence-electron chi connectivity index (χ3n) is 6.65. The minimum absolute atomic E-state index is 0.0543. The molecule has 2 aliphatic heterocycles. The van der Waals surface area contributed by atoms with Gasteiger partial charge in [0.15, 0.2) is 0 Å². The van der Waals surface area contributed by atoms with Crippen molar-refractivity contribution in [2.24, 2.45) is 7.05 Å². The van der Waals surface area contributed by atoms with Gasteiger partial charge in [0.25, 0.3) is 5.91 Å². The Labute approximate surface area is 196 Å². The molecule has 34 heavy (non-hydrogen) atoms. The summed E-state index contributed by atoms with van der Waals surface area (Å²) in [6.07, 6.45) is 0.846. The number of amides is 1. The molecule has 0 atom stereocenters. The lowest BCUT2D eigenvalue weighted by Crippen LogP contribution is -2.29. The van der Waals surface area contributed by atoms with Crippen molar-refractivity contribution in [3.05, 3.63) is 76.4 Å². The van der Waals surface area contributed by atoms with E-state index in [1.807, 2.05) is 29.8 Å². The number of carbonyl (C=O) groups is 1. The zero-order valence-corrected chi connectivity index (χ0v) is 19.0. The average molecular weight is 470 g/mol. The number of aromatic nitrogens is 3. The summed E-state index contributed by atoms with van der Waals surface area (Å²) >= 11 is 0. The molecule has 5 rings (SSSR count). The number of aryl methyl sites for hydroxylation is 1. The number of rotatable bonds is 5. The molecule has 3 heterocycles. The molecule has 1 amide bonds. The van der Waals surface area contributed by atoms with Gasteiger partial charge in [0, 0.05) is 31.3 Å². The zero-order chi connectivity index (χ0) is 23.9. The van der Waals surface area contributed by atoms with Gasteiger partial charge in [0.2, 0.25) is 0 Å². The van der Waals surface area contributed by atoms with Crippen LogP contribution in [0, 0.1) is 0 Å². The van der Waals surface area contributed by atoms with Crippen molar-refractivity contribution < 1.29 is 18.0 Å². The number of benzene rings is 2. The molecule has 1 saturated heterocycles. The third kappa shape index (κ3) is 4.44. The van der Waals surface area contributed by atoms with E-state index in [0.29, 0.717) is 24.2 Å². The van der Waals surface area contributed by atoms with Crippen LogP contribution < -0.4 is 4.90 Å². The molecule has 0 spiro atoms. The number of likely N-dealkylation sites (tertiary alicyclic amines) is 1. The predicted octanol–water partition coefficient (Wildman–Crippen LogP) is 4.57. The summed E-state index contributed by atoms with van der Waals surface area (Å²) in [5.74, 6) is 0.367. The minimum atomic E-state index is -4.52. The van der Waals surface area contributed by atoms with Crippen molar-refractivity contribution in [2.45, 2.75) is 44.9 Å². The zero-order valence-electron chi connectivity index (χ0n) is 19.0. The fraction of sp³-hybridized carbons (Fsp3) is 0.400.